The van der Waals surface area contributed by atoms with Crippen molar-refractivity contribution in [2.24, 2.45) is 0 Å². The molecule has 0 aliphatic rings. The van der Waals surface area contributed by atoms with Gasteiger partial charge in [0.1, 0.15) is 5.82 Å². The standard InChI is InChI=1S/C14H17Br2N3S/c1-4-5-17-12-7-10(8(2)3)18-14(19-12)11-6-9(15)13(16)20-11/h6-8H,4-5H2,1-3H3,(H,17,18,19). The summed E-state index contributed by atoms with van der Waals surface area (Å²) in [4.78, 5) is 10.4. The first-order valence-electron chi connectivity index (χ1n) is 6.59. The van der Waals surface area contributed by atoms with Crippen LogP contribution in [0.2, 0.25) is 0 Å². The Labute approximate surface area is 140 Å². The molecular weight excluding hydrogens is 402 g/mol. The molecule has 2 rings (SSSR count). The predicted octanol–water partition coefficient (Wildman–Crippen LogP) is 5.68. The fourth-order valence-electron chi connectivity index (χ4n) is 1.67. The highest BCUT2D eigenvalue weighted by Crippen LogP contribution is 2.37. The van der Waals surface area contributed by atoms with Crippen LogP contribution < -0.4 is 5.32 Å². The number of hydrogen-bond donors (Lipinski definition) is 1. The van der Waals surface area contributed by atoms with Crippen LogP contribution in [0.25, 0.3) is 10.7 Å². The molecule has 0 fully saturated rings. The molecule has 2 aromatic heterocycles. The predicted molar refractivity (Wildman–Crippen MR) is 93.6 cm³/mol. The number of nitrogens with one attached hydrogen (secondary N) is 1. The van der Waals surface area contributed by atoms with Gasteiger partial charge in [0.2, 0.25) is 0 Å². The minimum atomic E-state index is 0.380. The number of thiophene rings is 1. The number of rotatable bonds is 5. The van der Waals surface area contributed by atoms with E-state index in [9.17, 15) is 0 Å². The Hall–Kier alpha value is -0.460. The van der Waals surface area contributed by atoms with Gasteiger partial charge in [0.05, 0.1) is 8.66 Å². The van der Waals surface area contributed by atoms with Crippen molar-refractivity contribution in [1.82, 2.24) is 9.97 Å². The van der Waals surface area contributed by atoms with E-state index in [0.717, 1.165) is 43.4 Å². The number of halogens is 2. The van der Waals surface area contributed by atoms with Gasteiger partial charge in [0, 0.05) is 22.8 Å². The molecule has 0 unspecified atom stereocenters. The van der Waals surface area contributed by atoms with E-state index in [1.807, 2.05) is 6.07 Å². The SMILES string of the molecule is CCCNc1cc(C(C)C)nc(-c2cc(Br)c(Br)s2)n1. The maximum Gasteiger partial charge on any atom is 0.171 e. The van der Waals surface area contributed by atoms with Crippen LogP contribution in [0.1, 0.15) is 38.8 Å². The van der Waals surface area contributed by atoms with Gasteiger partial charge in [0.25, 0.3) is 0 Å². The van der Waals surface area contributed by atoms with E-state index in [0.29, 0.717) is 5.92 Å². The third kappa shape index (κ3) is 3.80. The zero-order valence-corrected chi connectivity index (χ0v) is 15.7. The van der Waals surface area contributed by atoms with Crippen molar-refractivity contribution in [3.05, 3.63) is 26.1 Å². The number of aromatic nitrogens is 2. The summed E-state index contributed by atoms with van der Waals surface area (Å²) in [5.74, 6) is 2.07. The lowest BCUT2D eigenvalue weighted by atomic mass is 10.1. The van der Waals surface area contributed by atoms with Crippen molar-refractivity contribution in [3.8, 4) is 10.7 Å². The molecule has 2 heterocycles. The second-order valence-electron chi connectivity index (χ2n) is 4.82. The van der Waals surface area contributed by atoms with Gasteiger partial charge in [-0.05, 0) is 50.3 Å². The second kappa shape index (κ2) is 7.00. The minimum absolute atomic E-state index is 0.380. The molecule has 20 heavy (non-hydrogen) atoms. The lowest BCUT2D eigenvalue weighted by Gasteiger charge is -2.10. The van der Waals surface area contributed by atoms with E-state index in [-0.39, 0.29) is 0 Å². The summed E-state index contributed by atoms with van der Waals surface area (Å²) in [5, 5.41) is 3.35. The van der Waals surface area contributed by atoms with Gasteiger partial charge in [-0.25, -0.2) is 9.97 Å². The van der Waals surface area contributed by atoms with Crippen LogP contribution >= 0.6 is 43.2 Å². The minimum Gasteiger partial charge on any atom is -0.370 e. The van der Waals surface area contributed by atoms with Crippen molar-refractivity contribution >= 4 is 49.0 Å². The molecule has 0 atom stereocenters. The third-order valence-corrected chi connectivity index (χ3v) is 6.01. The first-order chi connectivity index (χ1) is 9.51. The fourth-order valence-corrected chi connectivity index (χ4v) is 3.64. The molecule has 0 saturated heterocycles. The number of anilines is 1. The number of nitrogens with zero attached hydrogens (tertiary/aromatic N) is 2. The molecule has 0 aromatic carbocycles. The van der Waals surface area contributed by atoms with Crippen LogP contribution in [-0.4, -0.2) is 16.5 Å². The van der Waals surface area contributed by atoms with Crippen LogP contribution in [-0.2, 0) is 0 Å². The normalized spacial score (nSPS) is 11.1. The summed E-state index contributed by atoms with van der Waals surface area (Å²) in [6, 6.07) is 4.10. The van der Waals surface area contributed by atoms with E-state index >= 15 is 0 Å². The average Bonchev–Trinajstić information content (AvgIpc) is 2.76. The first-order valence-corrected chi connectivity index (χ1v) is 8.99. The quantitative estimate of drug-likeness (QED) is 0.678. The lowest BCUT2D eigenvalue weighted by Crippen LogP contribution is -2.06. The zero-order valence-electron chi connectivity index (χ0n) is 11.7. The molecule has 6 heteroatoms. The molecule has 0 radical (unpaired) electrons. The maximum absolute atomic E-state index is 4.68. The molecule has 0 aliphatic carbocycles. The van der Waals surface area contributed by atoms with Crippen molar-refractivity contribution < 1.29 is 0 Å². The third-order valence-electron chi connectivity index (χ3n) is 2.76. The largest absolute Gasteiger partial charge is 0.370 e. The van der Waals surface area contributed by atoms with Crippen LogP contribution in [0.5, 0.6) is 0 Å². The fraction of sp³-hybridized carbons (Fsp3) is 0.429. The van der Waals surface area contributed by atoms with Gasteiger partial charge in [-0.15, -0.1) is 11.3 Å². The van der Waals surface area contributed by atoms with E-state index in [4.69, 9.17) is 0 Å². The average molecular weight is 419 g/mol. The van der Waals surface area contributed by atoms with E-state index in [1.165, 1.54) is 0 Å². The van der Waals surface area contributed by atoms with Gasteiger partial charge in [-0.2, -0.15) is 0 Å². The molecule has 1 N–H and O–H groups in total. The Kier molecular flexibility index (Phi) is 5.57. The Balaban J connectivity index is 2.43. The smallest absolute Gasteiger partial charge is 0.171 e. The highest BCUT2D eigenvalue weighted by atomic mass is 79.9. The van der Waals surface area contributed by atoms with Gasteiger partial charge in [-0.1, -0.05) is 20.8 Å². The summed E-state index contributed by atoms with van der Waals surface area (Å²) >= 11 is 8.67. The van der Waals surface area contributed by atoms with Crippen molar-refractivity contribution in [2.75, 3.05) is 11.9 Å². The Morgan fingerprint density at radius 1 is 1.25 bits per heavy atom. The summed E-state index contributed by atoms with van der Waals surface area (Å²) in [7, 11) is 0. The van der Waals surface area contributed by atoms with Crippen molar-refractivity contribution in [2.45, 2.75) is 33.1 Å². The molecule has 0 bridgehead atoms. The highest BCUT2D eigenvalue weighted by molar-refractivity contribution is 9.13. The molecule has 0 amide bonds. The van der Waals surface area contributed by atoms with Crippen LogP contribution in [0, 0.1) is 0 Å². The van der Waals surface area contributed by atoms with E-state index < -0.39 is 0 Å². The van der Waals surface area contributed by atoms with Gasteiger partial charge >= 0.3 is 0 Å². The van der Waals surface area contributed by atoms with Crippen LogP contribution in [0.3, 0.4) is 0 Å². The van der Waals surface area contributed by atoms with Crippen molar-refractivity contribution in [1.29, 1.82) is 0 Å². The zero-order chi connectivity index (χ0) is 14.7. The second-order valence-corrected chi connectivity index (χ2v) is 8.04. The maximum atomic E-state index is 4.68. The highest BCUT2D eigenvalue weighted by Gasteiger charge is 2.13. The van der Waals surface area contributed by atoms with Gasteiger partial charge in [0.15, 0.2) is 5.82 Å². The molecule has 108 valence electrons. The Morgan fingerprint density at radius 2 is 2.00 bits per heavy atom. The Morgan fingerprint density at radius 3 is 2.55 bits per heavy atom. The van der Waals surface area contributed by atoms with Gasteiger partial charge < -0.3 is 5.32 Å². The topological polar surface area (TPSA) is 37.8 Å². The van der Waals surface area contributed by atoms with Gasteiger partial charge in [-0.3, -0.25) is 0 Å². The summed E-state index contributed by atoms with van der Waals surface area (Å²) in [6.45, 7) is 7.36. The number of hydrogen-bond acceptors (Lipinski definition) is 4. The van der Waals surface area contributed by atoms with Crippen molar-refractivity contribution in [3.63, 3.8) is 0 Å². The summed E-state index contributed by atoms with van der Waals surface area (Å²) < 4.78 is 2.10. The van der Waals surface area contributed by atoms with Crippen LogP contribution in [0.4, 0.5) is 5.82 Å². The summed E-state index contributed by atoms with van der Waals surface area (Å²) in [5.41, 5.74) is 1.06. The molecule has 2 aromatic rings. The monoisotopic (exact) mass is 417 g/mol. The van der Waals surface area contributed by atoms with E-state index in [1.54, 1.807) is 11.3 Å². The molecule has 3 nitrogen and oxygen atoms in total. The van der Waals surface area contributed by atoms with Crippen LogP contribution in [0.15, 0.2) is 20.4 Å². The first kappa shape index (κ1) is 15.9. The molecule has 0 spiro atoms. The lowest BCUT2D eigenvalue weighted by molar-refractivity contribution is 0.816. The molecular formula is C14H17Br2N3S. The van der Waals surface area contributed by atoms with E-state index in [2.05, 4.69) is 74.0 Å². The molecule has 0 aliphatic heterocycles. The molecule has 0 saturated carbocycles. The summed E-state index contributed by atoms with van der Waals surface area (Å²) in [6.07, 6.45) is 1.08. The Bertz CT molecular complexity index is 577.